The van der Waals surface area contributed by atoms with Gasteiger partial charge in [0, 0.05) is 11.9 Å². The number of anilines is 2. The molecule has 1 aliphatic heterocycles. The van der Waals surface area contributed by atoms with E-state index in [0.717, 1.165) is 25.4 Å². The highest BCUT2D eigenvalue weighted by Crippen LogP contribution is 2.40. The zero-order chi connectivity index (χ0) is 20.5. The van der Waals surface area contributed by atoms with Gasteiger partial charge in [-0.25, -0.2) is 22.4 Å². The van der Waals surface area contributed by atoms with Crippen molar-refractivity contribution in [1.82, 2.24) is 0 Å². The first kappa shape index (κ1) is 19.6. The Balaban J connectivity index is 2.21. The molecule has 0 aliphatic carbocycles. The van der Waals surface area contributed by atoms with Gasteiger partial charge in [-0.3, -0.25) is 0 Å². The van der Waals surface area contributed by atoms with Gasteiger partial charge in [0.15, 0.2) is 4.91 Å². The van der Waals surface area contributed by atoms with Gasteiger partial charge in [-0.2, -0.15) is 0 Å². The number of hydrogen-bond acceptors (Lipinski definition) is 7. The van der Waals surface area contributed by atoms with Crippen LogP contribution in [0.2, 0.25) is 0 Å². The van der Waals surface area contributed by atoms with Crippen LogP contribution in [0.1, 0.15) is 17.3 Å². The molecule has 0 amide bonds. The molecule has 146 valence electrons. The molecular formula is C19H16FNO6S. The van der Waals surface area contributed by atoms with Gasteiger partial charge in [-0.05, 0) is 43.3 Å². The minimum absolute atomic E-state index is 0.134. The van der Waals surface area contributed by atoms with Gasteiger partial charge in [0.05, 0.1) is 29.9 Å². The van der Waals surface area contributed by atoms with E-state index < -0.39 is 32.5 Å². The van der Waals surface area contributed by atoms with Crippen LogP contribution in [0.5, 0.6) is 0 Å². The van der Waals surface area contributed by atoms with Gasteiger partial charge in [-0.15, -0.1) is 0 Å². The highest BCUT2D eigenvalue weighted by Gasteiger charge is 2.37. The molecule has 2 aromatic carbocycles. The summed E-state index contributed by atoms with van der Waals surface area (Å²) in [4.78, 5) is 24.4. The molecule has 9 heteroatoms. The molecule has 0 saturated carbocycles. The molecule has 0 saturated heterocycles. The predicted molar refractivity (Wildman–Crippen MR) is 98.2 cm³/mol. The molecule has 7 nitrogen and oxygen atoms in total. The summed E-state index contributed by atoms with van der Waals surface area (Å²) in [6.45, 7) is 1.87. The standard InChI is InChI=1S/C19H16FNO6S/c1-3-27-18(22)12-5-4-6-14(9-12)21-11-17(19(23)26-2)28(24,25)16-10-13(20)7-8-15(16)21/h4-11H,3H2,1-2H3. The Morgan fingerprint density at radius 3 is 2.54 bits per heavy atom. The number of halogens is 1. The van der Waals surface area contributed by atoms with E-state index in [0.29, 0.717) is 5.69 Å². The Labute approximate surface area is 160 Å². The summed E-state index contributed by atoms with van der Waals surface area (Å²) >= 11 is 0. The van der Waals surface area contributed by atoms with Crippen LogP contribution in [0.15, 0.2) is 58.5 Å². The lowest BCUT2D eigenvalue weighted by Gasteiger charge is -2.28. The lowest BCUT2D eigenvalue weighted by Crippen LogP contribution is -2.26. The molecule has 0 bridgehead atoms. The van der Waals surface area contributed by atoms with Gasteiger partial charge >= 0.3 is 11.9 Å². The third kappa shape index (κ3) is 3.36. The van der Waals surface area contributed by atoms with E-state index in [2.05, 4.69) is 4.74 Å². The summed E-state index contributed by atoms with van der Waals surface area (Å²) in [6.07, 6.45) is 1.09. The number of sulfone groups is 1. The van der Waals surface area contributed by atoms with Crippen LogP contribution in [0.3, 0.4) is 0 Å². The van der Waals surface area contributed by atoms with E-state index in [4.69, 9.17) is 4.74 Å². The number of hydrogen-bond donors (Lipinski definition) is 0. The number of fused-ring (bicyclic) bond motifs is 1. The first-order valence-electron chi connectivity index (χ1n) is 8.20. The average Bonchev–Trinajstić information content (AvgIpc) is 2.68. The topological polar surface area (TPSA) is 90.0 Å². The Hall–Kier alpha value is -3.20. The fourth-order valence-corrected chi connectivity index (χ4v) is 4.24. The summed E-state index contributed by atoms with van der Waals surface area (Å²) in [5.41, 5.74) is 0.759. The number of ether oxygens (including phenoxy) is 2. The largest absolute Gasteiger partial charge is 0.465 e. The van der Waals surface area contributed by atoms with E-state index in [1.54, 1.807) is 25.1 Å². The van der Waals surface area contributed by atoms with E-state index in [1.165, 1.54) is 17.0 Å². The molecule has 0 radical (unpaired) electrons. The van der Waals surface area contributed by atoms with Crippen LogP contribution in [-0.4, -0.2) is 34.1 Å². The van der Waals surface area contributed by atoms with Crippen molar-refractivity contribution in [2.75, 3.05) is 18.6 Å². The minimum Gasteiger partial charge on any atom is -0.465 e. The second-order valence-electron chi connectivity index (χ2n) is 5.74. The normalized spacial score (nSPS) is 14.7. The highest BCUT2D eigenvalue weighted by molar-refractivity contribution is 7.96. The lowest BCUT2D eigenvalue weighted by atomic mass is 10.1. The van der Waals surface area contributed by atoms with Crippen molar-refractivity contribution in [3.05, 3.63) is 65.0 Å². The number of benzene rings is 2. The molecule has 0 unspecified atom stereocenters. The molecule has 1 aliphatic rings. The molecule has 1 heterocycles. The fraction of sp³-hybridized carbons (Fsp3) is 0.158. The van der Waals surface area contributed by atoms with Crippen molar-refractivity contribution in [2.24, 2.45) is 0 Å². The quantitative estimate of drug-likeness (QED) is 0.723. The Morgan fingerprint density at radius 2 is 1.86 bits per heavy atom. The number of nitrogens with zero attached hydrogens (tertiary/aromatic N) is 1. The van der Waals surface area contributed by atoms with E-state index in [9.17, 15) is 22.4 Å². The molecule has 0 aromatic heterocycles. The summed E-state index contributed by atoms with van der Waals surface area (Å²) in [5.74, 6) is -2.40. The smallest absolute Gasteiger partial charge is 0.351 e. The molecule has 3 rings (SSSR count). The van der Waals surface area contributed by atoms with Crippen LogP contribution >= 0.6 is 0 Å². The number of esters is 2. The van der Waals surface area contributed by atoms with Crippen molar-refractivity contribution in [3.8, 4) is 0 Å². The van der Waals surface area contributed by atoms with Crippen molar-refractivity contribution < 1.29 is 31.9 Å². The second-order valence-corrected chi connectivity index (χ2v) is 7.63. The van der Waals surface area contributed by atoms with Gasteiger partial charge in [0.25, 0.3) is 0 Å². The summed E-state index contributed by atoms with van der Waals surface area (Å²) < 4.78 is 48.8. The Bertz CT molecular complexity index is 1090. The Morgan fingerprint density at radius 1 is 1.11 bits per heavy atom. The minimum atomic E-state index is -4.28. The number of methoxy groups -OCH3 is 1. The van der Waals surface area contributed by atoms with Crippen molar-refractivity contribution >= 4 is 33.2 Å². The van der Waals surface area contributed by atoms with Gasteiger partial charge in [-0.1, -0.05) is 6.07 Å². The maximum absolute atomic E-state index is 13.8. The van der Waals surface area contributed by atoms with Crippen molar-refractivity contribution in [3.63, 3.8) is 0 Å². The molecular weight excluding hydrogens is 389 g/mol. The maximum Gasteiger partial charge on any atom is 0.351 e. The van der Waals surface area contributed by atoms with Gasteiger partial charge in [0.1, 0.15) is 5.82 Å². The molecule has 28 heavy (non-hydrogen) atoms. The molecule has 0 atom stereocenters. The predicted octanol–water partition coefficient (Wildman–Crippen LogP) is 2.94. The van der Waals surface area contributed by atoms with Gasteiger partial charge in [0.2, 0.25) is 9.84 Å². The summed E-state index contributed by atoms with van der Waals surface area (Å²) in [5, 5.41) is 0. The second kappa shape index (κ2) is 7.43. The highest BCUT2D eigenvalue weighted by atomic mass is 32.2. The number of carbonyl (C=O) groups excluding carboxylic acids is 2. The van der Waals surface area contributed by atoms with Crippen LogP contribution in [0.25, 0.3) is 0 Å². The molecule has 2 aromatic rings. The third-order valence-electron chi connectivity index (χ3n) is 4.03. The Kier molecular flexibility index (Phi) is 5.19. The monoisotopic (exact) mass is 405 g/mol. The maximum atomic E-state index is 13.8. The number of carbonyl (C=O) groups is 2. The molecule has 0 fully saturated rings. The van der Waals surface area contributed by atoms with Crippen LogP contribution in [-0.2, 0) is 24.1 Å². The van der Waals surface area contributed by atoms with Crippen LogP contribution in [0.4, 0.5) is 15.8 Å². The zero-order valence-corrected chi connectivity index (χ0v) is 15.8. The van der Waals surface area contributed by atoms with Crippen LogP contribution < -0.4 is 4.90 Å². The van der Waals surface area contributed by atoms with Gasteiger partial charge < -0.3 is 14.4 Å². The van der Waals surface area contributed by atoms with Crippen LogP contribution in [0, 0.1) is 5.82 Å². The zero-order valence-electron chi connectivity index (χ0n) is 15.0. The SMILES string of the molecule is CCOC(=O)c1cccc(N2C=C(C(=O)OC)S(=O)(=O)c3cc(F)ccc32)c1. The fourth-order valence-electron chi connectivity index (χ4n) is 2.75. The first-order valence-corrected chi connectivity index (χ1v) is 9.69. The van der Waals surface area contributed by atoms with E-state index in [-0.39, 0.29) is 22.8 Å². The summed E-state index contributed by atoms with van der Waals surface area (Å²) in [7, 11) is -3.23. The number of rotatable bonds is 4. The van der Waals surface area contributed by atoms with Crippen molar-refractivity contribution in [2.45, 2.75) is 11.8 Å². The van der Waals surface area contributed by atoms with E-state index in [1.807, 2.05) is 0 Å². The lowest BCUT2D eigenvalue weighted by molar-refractivity contribution is -0.135. The van der Waals surface area contributed by atoms with Crippen molar-refractivity contribution in [1.29, 1.82) is 0 Å². The average molecular weight is 405 g/mol. The molecule has 0 N–H and O–H groups in total. The third-order valence-corrected chi connectivity index (χ3v) is 5.79. The molecule has 0 spiro atoms. The first-order chi connectivity index (χ1) is 13.3. The summed E-state index contributed by atoms with van der Waals surface area (Å²) in [6, 6.07) is 9.44. The van der Waals surface area contributed by atoms with E-state index >= 15 is 0 Å².